The molecule has 0 radical (unpaired) electrons. The maximum Gasteiger partial charge on any atom is 0.327 e. The van der Waals surface area contributed by atoms with Crippen molar-refractivity contribution in [2.24, 2.45) is 7.05 Å². The van der Waals surface area contributed by atoms with Crippen LogP contribution in [0, 0.1) is 6.92 Å². The average molecular weight is 373 g/mol. The highest BCUT2D eigenvalue weighted by molar-refractivity contribution is 8.01. The highest BCUT2D eigenvalue weighted by Gasteiger charge is 2.64. The van der Waals surface area contributed by atoms with E-state index in [9.17, 15) is 19.5 Å². The Morgan fingerprint density at radius 1 is 1.42 bits per heavy atom. The number of carbonyl (C=O) groups excluding carboxylic acids is 2. The van der Waals surface area contributed by atoms with Crippen molar-refractivity contribution in [2.75, 3.05) is 0 Å². The Morgan fingerprint density at radius 2 is 2.04 bits per heavy atom. The number of hydrogen-bond donors (Lipinski definition) is 2. The van der Waals surface area contributed by atoms with E-state index in [2.05, 4.69) is 10.4 Å². The molecule has 2 fully saturated rings. The van der Waals surface area contributed by atoms with Gasteiger partial charge < -0.3 is 15.3 Å². The Balaban J connectivity index is 1.80. The first-order chi connectivity index (χ1) is 11.1. The Bertz CT molecular complexity index is 762. The van der Waals surface area contributed by atoms with Crippen LogP contribution in [0.4, 0.5) is 0 Å². The van der Waals surface area contributed by atoms with Crippen LogP contribution in [0.1, 0.15) is 30.0 Å². The van der Waals surface area contributed by atoms with Crippen molar-refractivity contribution in [3.8, 4) is 0 Å². The lowest BCUT2D eigenvalue weighted by Gasteiger charge is -2.43. The van der Waals surface area contributed by atoms with E-state index >= 15 is 0 Å². The number of nitrogens with zero attached hydrogens (tertiary/aromatic N) is 3. The Labute approximate surface area is 147 Å². The van der Waals surface area contributed by atoms with Crippen LogP contribution >= 0.6 is 23.4 Å². The zero-order valence-corrected chi connectivity index (χ0v) is 15.1. The molecule has 0 spiro atoms. The van der Waals surface area contributed by atoms with Crippen molar-refractivity contribution in [3.63, 3.8) is 0 Å². The summed E-state index contributed by atoms with van der Waals surface area (Å²) in [6, 6.07) is -1.67. The highest BCUT2D eigenvalue weighted by atomic mass is 35.5. The molecular weight excluding hydrogens is 356 g/mol. The SMILES string of the molecule is Cc1nn(C)c(C(=O)N[C@@H]2C(=O)N3[C@@H]2SC(C)(C)[C@H]3C(=O)O)c1Cl. The fourth-order valence-corrected chi connectivity index (χ4v) is 5.11. The first kappa shape index (κ1) is 17.1. The number of fused-ring (bicyclic) bond motifs is 1. The molecule has 2 aliphatic heterocycles. The molecular formula is C14H17ClN4O4S. The molecule has 2 amide bonds. The number of carboxylic acid groups (broad SMARTS) is 1. The minimum atomic E-state index is -1.04. The average Bonchev–Trinajstić information content (AvgIpc) is 2.87. The van der Waals surface area contributed by atoms with Gasteiger partial charge in [-0.25, -0.2) is 4.79 Å². The van der Waals surface area contributed by atoms with E-state index in [0.717, 1.165) is 0 Å². The summed E-state index contributed by atoms with van der Waals surface area (Å²) in [7, 11) is 1.59. The van der Waals surface area contributed by atoms with Crippen molar-refractivity contribution in [1.29, 1.82) is 0 Å². The first-order valence-corrected chi connectivity index (χ1v) is 8.54. The number of hydrogen-bond acceptors (Lipinski definition) is 5. The fourth-order valence-electron chi connectivity index (χ4n) is 3.23. The third-order valence-electron chi connectivity index (χ3n) is 4.33. The van der Waals surface area contributed by atoms with E-state index in [1.165, 1.54) is 21.3 Å². The fraction of sp³-hybridized carbons (Fsp3) is 0.571. The van der Waals surface area contributed by atoms with E-state index < -0.39 is 40.0 Å². The quantitative estimate of drug-likeness (QED) is 0.754. The molecule has 0 unspecified atom stereocenters. The van der Waals surface area contributed by atoms with Gasteiger partial charge in [0.15, 0.2) is 0 Å². The van der Waals surface area contributed by atoms with Crippen molar-refractivity contribution in [2.45, 2.75) is 43.0 Å². The number of aliphatic carboxylic acids is 1. The molecule has 2 aliphatic rings. The molecule has 1 aromatic heterocycles. The van der Waals surface area contributed by atoms with Gasteiger partial charge in [0.1, 0.15) is 23.2 Å². The number of carbonyl (C=O) groups is 3. The maximum absolute atomic E-state index is 12.5. The lowest BCUT2D eigenvalue weighted by Crippen LogP contribution is -2.70. The number of β-lactam (4-membered cyclic amide) rings is 1. The van der Waals surface area contributed by atoms with Crippen LogP contribution in [0.25, 0.3) is 0 Å². The number of halogens is 1. The lowest BCUT2D eigenvalue weighted by atomic mass is 9.96. The summed E-state index contributed by atoms with van der Waals surface area (Å²) in [5.74, 6) is -1.94. The standard InChI is InChI=1S/C14H17ClN4O4S/c1-5-6(15)8(18(4)17-5)10(20)16-7-11(21)19-9(13(22)23)14(2,3)24-12(7)19/h7,9,12H,1-4H3,(H,16,20)(H,22,23)/t7-,9-,12-/m1/s1. The zero-order valence-electron chi connectivity index (χ0n) is 13.5. The number of amides is 2. The second-order valence-corrected chi connectivity index (χ2v) is 8.57. The van der Waals surface area contributed by atoms with E-state index in [4.69, 9.17) is 11.6 Å². The maximum atomic E-state index is 12.5. The molecule has 130 valence electrons. The molecule has 1 aromatic rings. The number of nitrogens with one attached hydrogen (secondary N) is 1. The van der Waals surface area contributed by atoms with Crippen molar-refractivity contribution >= 4 is 41.1 Å². The molecule has 3 atom stereocenters. The van der Waals surface area contributed by atoms with Crippen LogP contribution in [-0.2, 0) is 16.6 Å². The van der Waals surface area contributed by atoms with Crippen LogP contribution in [0.5, 0.6) is 0 Å². The summed E-state index contributed by atoms with van der Waals surface area (Å²) in [4.78, 5) is 37.6. The predicted molar refractivity (Wildman–Crippen MR) is 87.9 cm³/mol. The molecule has 0 aliphatic carbocycles. The van der Waals surface area contributed by atoms with Gasteiger partial charge >= 0.3 is 5.97 Å². The van der Waals surface area contributed by atoms with Crippen molar-refractivity contribution in [3.05, 3.63) is 16.4 Å². The second-order valence-electron chi connectivity index (χ2n) is 6.42. The topological polar surface area (TPSA) is 105 Å². The molecule has 8 nitrogen and oxygen atoms in total. The minimum absolute atomic E-state index is 0.178. The van der Waals surface area contributed by atoms with Gasteiger partial charge in [-0.2, -0.15) is 5.10 Å². The van der Waals surface area contributed by atoms with E-state index in [0.29, 0.717) is 5.69 Å². The number of aryl methyl sites for hydroxylation is 2. The highest BCUT2D eigenvalue weighted by Crippen LogP contribution is 2.50. The summed E-state index contributed by atoms with van der Waals surface area (Å²) < 4.78 is 0.728. The molecule has 0 aromatic carbocycles. The van der Waals surface area contributed by atoms with Crippen molar-refractivity contribution in [1.82, 2.24) is 20.0 Å². The number of thioether (sulfide) groups is 1. The van der Waals surface area contributed by atoms with Crippen LogP contribution in [-0.4, -0.2) is 59.8 Å². The van der Waals surface area contributed by atoms with Gasteiger partial charge in [0.05, 0.1) is 10.7 Å². The molecule has 24 heavy (non-hydrogen) atoms. The lowest BCUT2D eigenvalue weighted by molar-refractivity contribution is -0.159. The molecule has 3 heterocycles. The predicted octanol–water partition coefficient (Wildman–Crippen LogP) is 0.627. The normalized spacial score (nSPS) is 27.6. The number of carboxylic acids is 1. The number of aromatic nitrogens is 2. The smallest absolute Gasteiger partial charge is 0.327 e. The molecule has 2 N–H and O–H groups in total. The monoisotopic (exact) mass is 372 g/mol. The van der Waals surface area contributed by atoms with Crippen LogP contribution in [0.2, 0.25) is 5.02 Å². The molecule has 2 saturated heterocycles. The van der Waals surface area contributed by atoms with E-state index in [1.54, 1.807) is 27.8 Å². The van der Waals surface area contributed by atoms with Gasteiger partial charge in [0.25, 0.3) is 5.91 Å². The molecule has 3 rings (SSSR count). The minimum Gasteiger partial charge on any atom is -0.480 e. The summed E-state index contributed by atoms with van der Waals surface area (Å²) in [5, 5.41) is 16.0. The van der Waals surface area contributed by atoms with Gasteiger partial charge in [0, 0.05) is 11.8 Å². The zero-order chi connectivity index (χ0) is 18.0. The Hall–Kier alpha value is -1.74. The van der Waals surface area contributed by atoms with Gasteiger partial charge in [-0.15, -0.1) is 11.8 Å². The third kappa shape index (κ3) is 2.29. The van der Waals surface area contributed by atoms with Crippen LogP contribution in [0.15, 0.2) is 0 Å². The van der Waals surface area contributed by atoms with Gasteiger partial charge in [-0.3, -0.25) is 14.3 Å². The number of rotatable bonds is 3. The largest absolute Gasteiger partial charge is 0.480 e. The molecule has 0 bridgehead atoms. The molecule has 0 saturated carbocycles. The summed E-state index contributed by atoms with van der Waals surface area (Å²) >= 11 is 7.46. The van der Waals surface area contributed by atoms with Gasteiger partial charge in [-0.05, 0) is 20.8 Å². The van der Waals surface area contributed by atoms with Crippen LogP contribution in [0.3, 0.4) is 0 Å². The van der Waals surface area contributed by atoms with Crippen LogP contribution < -0.4 is 5.32 Å². The van der Waals surface area contributed by atoms with Crippen molar-refractivity contribution < 1.29 is 19.5 Å². The summed E-state index contributed by atoms with van der Waals surface area (Å²) in [6.45, 7) is 5.24. The Morgan fingerprint density at radius 3 is 2.54 bits per heavy atom. The summed E-state index contributed by atoms with van der Waals surface area (Å²) in [6.07, 6.45) is 0. The molecule has 10 heteroatoms. The van der Waals surface area contributed by atoms with Gasteiger partial charge in [0.2, 0.25) is 5.91 Å². The van der Waals surface area contributed by atoms with E-state index in [-0.39, 0.29) is 10.7 Å². The summed E-state index contributed by atoms with van der Waals surface area (Å²) in [5.41, 5.74) is 0.700. The first-order valence-electron chi connectivity index (χ1n) is 7.29. The third-order valence-corrected chi connectivity index (χ3v) is 6.35. The van der Waals surface area contributed by atoms with Gasteiger partial charge in [-0.1, -0.05) is 11.6 Å². The second kappa shape index (κ2) is 5.38. The van der Waals surface area contributed by atoms with E-state index in [1.807, 2.05) is 0 Å². The Kier molecular flexibility index (Phi) is 3.83.